The standard InChI is InChI=1S/C25H32N4O2S/c1-4-22(30)29-25(24(27)31,19(15-26)12-17-8-6-5-7-9-17)14-23-28-20-11-10-18(16(2)3)13-21(20)32-23/h5-11,13,16,19H,4,12,14-15,26H2,1-3H3,(H2,27,31)(H,29,30)/t19-,25?/m0/s1. The summed E-state index contributed by atoms with van der Waals surface area (Å²) in [6.45, 7) is 6.25. The van der Waals surface area contributed by atoms with Crippen molar-refractivity contribution >= 4 is 33.4 Å². The second kappa shape index (κ2) is 10.2. The number of hydrogen-bond donors (Lipinski definition) is 3. The van der Waals surface area contributed by atoms with Gasteiger partial charge in [-0.3, -0.25) is 9.59 Å². The first-order chi connectivity index (χ1) is 15.3. The van der Waals surface area contributed by atoms with Crippen LogP contribution in [0, 0.1) is 5.92 Å². The number of carbonyl (C=O) groups is 2. The third-order valence-corrected chi connectivity index (χ3v) is 7.00. The Hall–Kier alpha value is -2.77. The van der Waals surface area contributed by atoms with E-state index in [1.54, 1.807) is 6.92 Å². The number of hydrogen-bond acceptors (Lipinski definition) is 5. The van der Waals surface area contributed by atoms with Crippen molar-refractivity contribution < 1.29 is 9.59 Å². The van der Waals surface area contributed by atoms with Crippen LogP contribution in [-0.2, 0) is 22.4 Å². The monoisotopic (exact) mass is 452 g/mol. The van der Waals surface area contributed by atoms with Gasteiger partial charge in [0.05, 0.1) is 15.2 Å². The van der Waals surface area contributed by atoms with Crippen molar-refractivity contribution in [3.8, 4) is 0 Å². The third-order valence-electron chi connectivity index (χ3n) is 5.98. The number of thiazole rings is 1. The number of amides is 2. The Balaban J connectivity index is 2.03. The molecule has 0 aliphatic carbocycles. The van der Waals surface area contributed by atoms with Gasteiger partial charge in [-0.25, -0.2) is 4.98 Å². The molecule has 2 amide bonds. The van der Waals surface area contributed by atoms with Crippen LogP contribution in [0.1, 0.15) is 49.2 Å². The zero-order chi connectivity index (χ0) is 23.3. The predicted octanol–water partition coefficient (Wildman–Crippen LogP) is 3.53. The summed E-state index contributed by atoms with van der Waals surface area (Å²) in [4.78, 5) is 30.2. The maximum Gasteiger partial charge on any atom is 0.243 e. The van der Waals surface area contributed by atoms with E-state index in [2.05, 4.69) is 31.3 Å². The van der Waals surface area contributed by atoms with Gasteiger partial charge in [0.25, 0.3) is 0 Å². The molecule has 3 rings (SSSR count). The largest absolute Gasteiger partial charge is 0.368 e. The van der Waals surface area contributed by atoms with E-state index in [0.29, 0.717) is 12.3 Å². The van der Waals surface area contributed by atoms with Gasteiger partial charge in [-0.1, -0.05) is 57.2 Å². The van der Waals surface area contributed by atoms with Gasteiger partial charge in [-0.05, 0) is 42.1 Å². The lowest BCUT2D eigenvalue weighted by molar-refractivity contribution is -0.133. The molecule has 0 saturated heterocycles. The zero-order valence-electron chi connectivity index (χ0n) is 18.9. The number of primary amides is 1. The lowest BCUT2D eigenvalue weighted by Gasteiger charge is -2.38. The molecule has 0 saturated carbocycles. The number of nitrogens with zero attached hydrogens (tertiary/aromatic N) is 1. The highest BCUT2D eigenvalue weighted by atomic mass is 32.1. The van der Waals surface area contributed by atoms with Crippen LogP contribution in [0.2, 0.25) is 0 Å². The summed E-state index contributed by atoms with van der Waals surface area (Å²) < 4.78 is 1.05. The maximum atomic E-state index is 13.0. The number of rotatable bonds is 10. The molecule has 2 aromatic carbocycles. The third kappa shape index (κ3) is 5.16. The number of benzene rings is 2. The van der Waals surface area contributed by atoms with E-state index in [1.807, 2.05) is 36.4 Å². The molecule has 0 aliphatic heterocycles. The maximum absolute atomic E-state index is 13.0. The van der Waals surface area contributed by atoms with Gasteiger partial charge >= 0.3 is 0 Å². The molecule has 7 heteroatoms. The highest BCUT2D eigenvalue weighted by Crippen LogP contribution is 2.32. The summed E-state index contributed by atoms with van der Waals surface area (Å²) in [7, 11) is 0. The molecule has 3 aromatic rings. The number of carbonyl (C=O) groups excluding carboxylic acids is 2. The molecule has 2 atom stereocenters. The molecule has 6 nitrogen and oxygen atoms in total. The number of fused-ring (bicyclic) bond motifs is 1. The predicted molar refractivity (Wildman–Crippen MR) is 130 cm³/mol. The van der Waals surface area contributed by atoms with Crippen molar-refractivity contribution in [2.45, 2.75) is 51.5 Å². The van der Waals surface area contributed by atoms with Crippen molar-refractivity contribution in [1.82, 2.24) is 10.3 Å². The first-order valence-electron chi connectivity index (χ1n) is 11.0. The van der Waals surface area contributed by atoms with Crippen molar-refractivity contribution in [2.75, 3.05) is 6.54 Å². The summed E-state index contributed by atoms with van der Waals surface area (Å²) in [5.74, 6) is -0.798. The Morgan fingerprint density at radius 2 is 1.88 bits per heavy atom. The number of nitrogens with one attached hydrogen (secondary N) is 1. The van der Waals surface area contributed by atoms with Crippen LogP contribution in [0.4, 0.5) is 0 Å². The lowest BCUT2D eigenvalue weighted by Crippen LogP contribution is -2.65. The van der Waals surface area contributed by atoms with Crippen molar-refractivity contribution in [1.29, 1.82) is 0 Å². The minimum absolute atomic E-state index is 0.199. The molecule has 5 N–H and O–H groups in total. The Labute approximate surface area is 193 Å². The molecule has 1 unspecified atom stereocenters. The molecular weight excluding hydrogens is 420 g/mol. The SMILES string of the molecule is CCC(=O)NC(Cc1nc2ccc(C(C)C)cc2s1)(C(N)=O)[C@H](CN)Cc1ccccc1. The molecule has 1 heterocycles. The minimum Gasteiger partial charge on any atom is -0.368 e. The van der Waals surface area contributed by atoms with E-state index in [9.17, 15) is 9.59 Å². The van der Waals surface area contributed by atoms with Gasteiger partial charge in [0.15, 0.2) is 0 Å². The molecule has 32 heavy (non-hydrogen) atoms. The molecule has 0 bridgehead atoms. The van der Waals surface area contributed by atoms with E-state index in [-0.39, 0.29) is 31.2 Å². The van der Waals surface area contributed by atoms with E-state index >= 15 is 0 Å². The Morgan fingerprint density at radius 3 is 2.47 bits per heavy atom. The Kier molecular flexibility index (Phi) is 7.64. The van der Waals surface area contributed by atoms with Gasteiger partial charge in [0, 0.05) is 18.8 Å². The fourth-order valence-electron chi connectivity index (χ4n) is 4.00. The fraction of sp³-hybridized carbons (Fsp3) is 0.400. The quantitative estimate of drug-likeness (QED) is 0.437. The van der Waals surface area contributed by atoms with E-state index < -0.39 is 11.4 Å². The Bertz CT molecular complexity index is 1080. The van der Waals surface area contributed by atoms with Crippen LogP contribution in [0.3, 0.4) is 0 Å². The Morgan fingerprint density at radius 1 is 1.16 bits per heavy atom. The molecule has 1 aromatic heterocycles. The summed E-state index contributed by atoms with van der Waals surface area (Å²) >= 11 is 1.53. The second-order valence-corrected chi connectivity index (χ2v) is 9.64. The van der Waals surface area contributed by atoms with Gasteiger partial charge in [0.2, 0.25) is 11.8 Å². The van der Waals surface area contributed by atoms with E-state index in [4.69, 9.17) is 16.5 Å². The fourth-order valence-corrected chi connectivity index (χ4v) is 5.11. The molecule has 0 fully saturated rings. The smallest absolute Gasteiger partial charge is 0.243 e. The molecular formula is C25H32N4O2S. The number of nitrogens with two attached hydrogens (primary N) is 2. The highest BCUT2D eigenvalue weighted by molar-refractivity contribution is 7.18. The lowest BCUT2D eigenvalue weighted by atomic mass is 9.76. The van der Waals surface area contributed by atoms with Crippen molar-refractivity contribution in [2.24, 2.45) is 17.4 Å². The highest BCUT2D eigenvalue weighted by Gasteiger charge is 2.45. The van der Waals surface area contributed by atoms with E-state index in [1.165, 1.54) is 16.9 Å². The zero-order valence-corrected chi connectivity index (χ0v) is 19.7. The summed E-state index contributed by atoms with van der Waals surface area (Å²) in [6, 6.07) is 16.0. The second-order valence-electron chi connectivity index (χ2n) is 8.53. The summed E-state index contributed by atoms with van der Waals surface area (Å²) in [5.41, 5.74) is 14.0. The topological polar surface area (TPSA) is 111 Å². The van der Waals surface area contributed by atoms with Gasteiger partial charge in [-0.15, -0.1) is 11.3 Å². The normalized spacial score (nSPS) is 14.3. The van der Waals surface area contributed by atoms with Gasteiger partial charge < -0.3 is 16.8 Å². The van der Waals surface area contributed by atoms with E-state index in [0.717, 1.165) is 20.8 Å². The van der Waals surface area contributed by atoms with Crippen molar-refractivity contribution in [3.63, 3.8) is 0 Å². The van der Waals surface area contributed by atoms with Gasteiger partial charge in [-0.2, -0.15) is 0 Å². The number of aromatic nitrogens is 1. The molecule has 170 valence electrons. The summed E-state index contributed by atoms with van der Waals surface area (Å²) in [5, 5.41) is 3.70. The molecule has 0 radical (unpaired) electrons. The van der Waals surface area contributed by atoms with Crippen LogP contribution < -0.4 is 16.8 Å². The van der Waals surface area contributed by atoms with Crippen LogP contribution in [0.5, 0.6) is 0 Å². The molecule has 0 aliphatic rings. The summed E-state index contributed by atoms with van der Waals surface area (Å²) in [6.07, 6.45) is 0.973. The minimum atomic E-state index is -1.33. The van der Waals surface area contributed by atoms with Crippen LogP contribution in [-0.4, -0.2) is 28.9 Å². The molecule has 0 spiro atoms. The average molecular weight is 453 g/mol. The van der Waals surface area contributed by atoms with Crippen LogP contribution in [0.15, 0.2) is 48.5 Å². The first kappa shape index (κ1) is 23.9. The first-order valence-corrected chi connectivity index (χ1v) is 11.8. The van der Waals surface area contributed by atoms with Crippen LogP contribution >= 0.6 is 11.3 Å². The van der Waals surface area contributed by atoms with Crippen molar-refractivity contribution in [3.05, 3.63) is 64.7 Å². The van der Waals surface area contributed by atoms with Crippen LogP contribution in [0.25, 0.3) is 10.2 Å². The average Bonchev–Trinajstić information content (AvgIpc) is 3.18. The van der Waals surface area contributed by atoms with Gasteiger partial charge in [0.1, 0.15) is 5.54 Å².